The zero-order chi connectivity index (χ0) is 28.8. The molecule has 2 aromatic heterocycles. The molecule has 9 nitrogen and oxygen atoms in total. The van der Waals surface area contributed by atoms with E-state index >= 15 is 8.78 Å². The van der Waals surface area contributed by atoms with E-state index in [1.54, 1.807) is 32.3 Å². The van der Waals surface area contributed by atoms with Crippen molar-refractivity contribution in [2.75, 3.05) is 39.6 Å². The third-order valence-electron chi connectivity index (χ3n) is 7.75. The van der Waals surface area contributed by atoms with E-state index in [9.17, 15) is 4.79 Å². The van der Waals surface area contributed by atoms with Gasteiger partial charge in [0.2, 0.25) is 11.6 Å². The number of fused-ring (bicyclic) bond motifs is 2. The first-order valence-corrected chi connectivity index (χ1v) is 13.2. The molecule has 1 unspecified atom stereocenters. The maximum absolute atomic E-state index is 15.4. The number of nitrogens with one attached hydrogen (secondary N) is 1. The summed E-state index contributed by atoms with van der Waals surface area (Å²) in [6, 6.07) is 4.72. The van der Waals surface area contributed by atoms with E-state index in [1.807, 2.05) is 42.7 Å². The summed E-state index contributed by atoms with van der Waals surface area (Å²) >= 11 is 0. The Kier molecular flexibility index (Phi) is 7.00. The van der Waals surface area contributed by atoms with Gasteiger partial charge in [-0.2, -0.15) is 0 Å². The first-order valence-electron chi connectivity index (χ1n) is 13.2. The molecule has 1 saturated carbocycles. The van der Waals surface area contributed by atoms with Crippen molar-refractivity contribution in [2.45, 2.75) is 50.7 Å². The SMILES string of the molecule is [C-]#[N+]c1cnc([C@@H](C)N2CC3(CC3(F)F)c3c(CN(C)C)cc(Cn4ccnc4NC)cc3C2=O)cc1OCC. The lowest BCUT2D eigenvalue weighted by Crippen LogP contribution is -2.47. The van der Waals surface area contributed by atoms with Gasteiger partial charge in [0.1, 0.15) is 5.75 Å². The maximum atomic E-state index is 15.4. The largest absolute Gasteiger partial charge is 0.505 e. The molecule has 2 atom stereocenters. The smallest absolute Gasteiger partial charge is 0.260 e. The Morgan fingerprint density at radius 3 is 2.65 bits per heavy atom. The Hall–Kier alpha value is -4.04. The van der Waals surface area contributed by atoms with Gasteiger partial charge >= 0.3 is 0 Å². The molecule has 1 fully saturated rings. The molecule has 5 rings (SSSR count). The normalized spacial score (nSPS) is 19.9. The van der Waals surface area contributed by atoms with Gasteiger partial charge in [0, 0.05) is 50.7 Å². The molecule has 1 amide bonds. The number of alkyl halides is 2. The molecule has 11 heteroatoms. The number of nitrogens with zero attached hydrogens (tertiary/aromatic N) is 6. The van der Waals surface area contributed by atoms with Crippen molar-refractivity contribution in [1.82, 2.24) is 24.3 Å². The minimum absolute atomic E-state index is 0.117. The molecule has 3 aromatic rings. The van der Waals surface area contributed by atoms with E-state index in [-0.39, 0.29) is 24.6 Å². The highest BCUT2D eigenvalue weighted by molar-refractivity contribution is 5.99. The standard InChI is InChI=1S/C29H33F2N7O2/c1-7-40-24-12-22(35-13-23(24)32-3)18(2)38-17-28(16-29(28,30)31)25-20(15-36(5)6)10-19(11-21(25)26(38)39)14-37-9-8-34-27(37)33-4/h8-13,18H,7,14-17H2,1-2,4-6H3,(H,33,34)/t18-,28?/m1/s1. The molecule has 2 aliphatic rings. The Morgan fingerprint density at radius 2 is 2.02 bits per heavy atom. The topological polar surface area (TPSA) is 79.9 Å². The second kappa shape index (κ2) is 10.2. The number of aromatic nitrogens is 3. The van der Waals surface area contributed by atoms with E-state index in [1.165, 1.54) is 11.1 Å². The number of rotatable bonds is 9. The van der Waals surface area contributed by atoms with Gasteiger partial charge in [-0.3, -0.25) is 9.78 Å². The summed E-state index contributed by atoms with van der Waals surface area (Å²) in [6.07, 6.45) is 4.61. The molecule has 1 aromatic carbocycles. The zero-order valence-corrected chi connectivity index (χ0v) is 23.3. The van der Waals surface area contributed by atoms with Crippen LogP contribution in [0.5, 0.6) is 5.75 Å². The van der Waals surface area contributed by atoms with Crippen LogP contribution in [0.15, 0.2) is 36.8 Å². The third kappa shape index (κ3) is 4.56. The fraction of sp³-hybridized carbons (Fsp3) is 0.448. The van der Waals surface area contributed by atoms with Crippen LogP contribution < -0.4 is 10.1 Å². The summed E-state index contributed by atoms with van der Waals surface area (Å²) in [5.74, 6) is -2.23. The van der Waals surface area contributed by atoms with Crippen molar-refractivity contribution in [3.8, 4) is 5.75 Å². The highest BCUT2D eigenvalue weighted by Crippen LogP contribution is 2.65. The molecule has 210 valence electrons. The Balaban J connectivity index is 1.61. The van der Waals surface area contributed by atoms with Gasteiger partial charge in [0.05, 0.1) is 36.9 Å². The van der Waals surface area contributed by atoms with Gasteiger partial charge in [-0.25, -0.2) is 18.6 Å². The second-order valence-electron chi connectivity index (χ2n) is 10.7. The van der Waals surface area contributed by atoms with Crippen LogP contribution in [0.2, 0.25) is 0 Å². The summed E-state index contributed by atoms with van der Waals surface area (Å²) in [5.41, 5.74) is 1.60. The molecule has 1 spiro atoms. The van der Waals surface area contributed by atoms with Gasteiger partial charge in [-0.15, -0.1) is 0 Å². The highest BCUT2D eigenvalue weighted by atomic mass is 19.3. The van der Waals surface area contributed by atoms with Gasteiger partial charge in [0.25, 0.3) is 11.8 Å². The summed E-state index contributed by atoms with van der Waals surface area (Å²) in [5, 5.41) is 3.04. The van der Waals surface area contributed by atoms with Crippen LogP contribution in [0.3, 0.4) is 0 Å². The number of carbonyl (C=O) groups excluding carboxylic acids is 1. The van der Waals surface area contributed by atoms with Crippen LogP contribution >= 0.6 is 0 Å². The van der Waals surface area contributed by atoms with E-state index in [2.05, 4.69) is 20.1 Å². The van der Waals surface area contributed by atoms with Crippen molar-refractivity contribution in [3.05, 3.63) is 76.2 Å². The minimum Gasteiger partial charge on any atom is -0.505 e. The highest BCUT2D eigenvalue weighted by Gasteiger charge is 2.75. The van der Waals surface area contributed by atoms with Gasteiger partial charge in [-0.1, -0.05) is 6.07 Å². The van der Waals surface area contributed by atoms with E-state index < -0.39 is 17.4 Å². The molecule has 1 aliphatic heterocycles. The molecule has 0 saturated heterocycles. The van der Waals surface area contributed by atoms with E-state index in [0.717, 1.165) is 11.1 Å². The van der Waals surface area contributed by atoms with Crippen LogP contribution in [-0.2, 0) is 18.5 Å². The van der Waals surface area contributed by atoms with E-state index in [4.69, 9.17) is 11.3 Å². The van der Waals surface area contributed by atoms with Crippen molar-refractivity contribution in [3.63, 3.8) is 0 Å². The lowest BCUT2D eigenvalue weighted by Gasteiger charge is -2.40. The molecule has 1 aliphatic carbocycles. The number of halogens is 2. The van der Waals surface area contributed by atoms with Crippen LogP contribution in [0.4, 0.5) is 20.4 Å². The van der Waals surface area contributed by atoms with Crippen LogP contribution in [-0.4, -0.2) is 70.5 Å². The molecular weight excluding hydrogens is 516 g/mol. The third-order valence-corrected chi connectivity index (χ3v) is 7.75. The Morgan fingerprint density at radius 1 is 1.27 bits per heavy atom. The predicted molar refractivity (Wildman–Crippen MR) is 147 cm³/mol. The van der Waals surface area contributed by atoms with Crippen LogP contribution in [0.1, 0.15) is 59.1 Å². The number of anilines is 1. The number of hydrogen-bond acceptors (Lipinski definition) is 6. The number of carbonyl (C=O) groups is 1. The molecule has 40 heavy (non-hydrogen) atoms. The lowest BCUT2D eigenvalue weighted by molar-refractivity contribution is 0.0451. The van der Waals surface area contributed by atoms with Gasteiger partial charge in [-0.05, 0) is 56.8 Å². The monoisotopic (exact) mass is 549 g/mol. The first kappa shape index (κ1) is 27.5. The predicted octanol–water partition coefficient (Wildman–Crippen LogP) is 4.87. The molecule has 0 radical (unpaired) electrons. The maximum Gasteiger partial charge on any atom is 0.260 e. The number of hydrogen-bond donors (Lipinski definition) is 1. The van der Waals surface area contributed by atoms with Gasteiger partial charge in [0.15, 0.2) is 0 Å². The fourth-order valence-electron chi connectivity index (χ4n) is 5.80. The summed E-state index contributed by atoms with van der Waals surface area (Å²) < 4.78 is 38.3. The number of imidazole rings is 1. The summed E-state index contributed by atoms with van der Waals surface area (Å²) in [7, 11) is 5.55. The van der Waals surface area contributed by atoms with Gasteiger partial charge < -0.3 is 24.4 Å². The number of pyridine rings is 1. The second-order valence-corrected chi connectivity index (χ2v) is 10.7. The van der Waals surface area contributed by atoms with Crippen molar-refractivity contribution < 1.29 is 18.3 Å². The molecule has 1 N–H and O–H groups in total. The first-order chi connectivity index (χ1) is 19.0. The van der Waals surface area contributed by atoms with Crippen molar-refractivity contribution in [1.29, 1.82) is 0 Å². The lowest BCUT2D eigenvalue weighted by atomic mass is 9.80. The average molecular weight is 550 g/mol. The fourth-order valence-corrected chi connectivity index (χ4v) is 5.80. The summed E-state index contributed by atoms with van der Waals surface area (Å²) in [4.78, 5) is 29.7. The Labute approximate surface area is 232 Å². The molecular formula is C29H33F2N7O2. The molecule has 3 heterocycles. The molecule has 0 bridgehead atoms. The van der Waals surface area contributed by atoms with Crippen LogP contribution in [0.25, 0.3) is 4.85 Å². The summed E-state index contributed by atoms with van der Waals surface area (Å²) in [6.45, 7) is 12.1. The van der Waals surface area contributed by atoms with Crippen molar-refractivity contribution in [2.24, 2.45) is 0 Å². The number of amides is 1. The number of ether oxygens (including phenoxy) is 1. The quantitative estimate of drug-likeness (QED) is 0.384. The average Bonchev–Trinajstić information content (AvgIpc) is 3.20. The number of benzene rings is 1. The zero-order valence-electron chi connectivity index (χ0n) is 23.3. The van der Waals surface area contributed by atoms with Crippen molar-refractivity contribution >= 4 is 17.5 Å². The van der Waals surface area contributed by atoms with E-state index in [0.29, 0.717) is 48.2 Å². The Bertz CT molecular complexity index is 1500. The van der Waals surface area contributed by atoms with Crippen LogP contribution in [0, 0.1) is 6.57 Å². The minimum atomic E-state index is -2.94.